The number of benzene rings is 1. The number of aliphatic carboxylic acids is 1. The van der Waals surface area contributed by atoms with Crippen LogP contribution in [0.25, 0.3) is 0 Å². The van der Waals surface area contributed by atoms with Crippen LogP contribution in [0.15, 0.2) is 24.3 Å². The molecule has 0 aliphatic rings. The maximum atomic E-state index is 8.89. The fourth-order valence-corrected chi connectivity index (χ4v) is 0.474. The van der Waals surface area contributed by atoms with Crippen molar-refractivity contribution in [2.75, 3.05) is 5.73 Å². The number of phenolic OH excluding ortho intramolecular Hbond substituents is 1. The van der Waals surface area contributed by atoms with Crippen LogP contribution in [-0.4, -0.2) is 11.1 Å². The Kier molecular flexibility index (Phi) is 8.90. The molecule has 0 saturated heterocycles. The number of carbonyl (C=O) groups excluding carboxylic acids is 1. The van der Waals surface area contributed by atoms with Crippen LogP contribution in [0.4, 0.5) is 5.69 Å². The van der Waals surface area contributed by atoms with E-state index in [4.69, 9.17) is 20.7 Å². The van der Waals surface area contributed by atoms with Gasteiger partial charge in [-0.05, 0) is 31.2 Å². The zero-order chi connectivity index (χ0) is 9.56. The van der Waals surface area contributed by atoms with Gasteiger partial charge in [0.15, 0.2) is 0 Å². The number of hydrogen-bond donors (Lipinski definition) is 2. The van der Waals surface area contributed by atoms with Crippen molar-refractivity contribution in [3.8, 4) is 5.75 Å². The summed E-state index contributed by atoms with van der Waals surface area (Å²) in [5.41, 5.74) is 5.98. The van der Waals surface area contributed by atoms with Gasteiger partial charge in [0.25, 0.3) is 0 Å². The van der Waals surface area contributed by atoms with Crippen molar-refractivity contribution < 1.29 is 42.7 Å². The number of rotatable bonds is 0. The molecule has 0 aliphatic heterocycles. The van der Waals surface area contributed by atoms with E-state index in [9.17, 15) is 0 Å². The topological polar surface area (TPSA) is 86.4 Å². The molecule has 4 nitrogen and oxygen atoms in total. The zero-order valence-electron chi connectivity index (χ0n) is 7.36. The van der Waals surface area contributed by atoms with Gasteiger partial charge in [0.2, 0.25) is 0 Å². The second-order valence-corrected chi connectivity index (χ2v) is 2.08. The van der Waals surface area contributed by atoms with Gasteiger partial charge in [-0.15, -0.1) is 0 Å². The van der Waals surface area contributed by atoms with E-state index in [0.717, 1.165) is 6.92 Å². The van der Waals surface area contributed by atoms with E-state index < -0.39 is 5.97 Å². The monoisotopic (exact) mass is 370 g/mol. The van der Waals surface area contributed by atoms with Gasteiger partial charge in [-0.3, -0.25) is 0 Å². The van der Waals surface area contributed by atoms with Gasteiger partial charge in [0, 0.05) is 11.7 Å². The van der Waals surface area contributed by atoms with Crippen molar-refractivity contribution >= 4 is 11.7 Å². The SMILES string of the molecule is CC(=O)[O-].Nc1ccc(O)cc1.[Hg+]. The molecule has 0 atom stereocenters. The van der Waals surface area contributed by atoms with Crippen LogP contribution in [-0.2, 0) is 32.5 Å². The number of phenols is 1. The molecule has 0 aromatic heterocycles. The Hall–Kier alpha value is -0.775. The predicted molar refractivity (Wildman–Crippen MR) is 43.2 cm³/mol. The summed E-state index contributed by atoms with van der Waals surface area (Å²) in [7, 11) is 0. The molecule has 1 aromatic rings. The Morgan fingerprint density at radius 2 is 1.69 bits per heavy atom. The standard InChI is InChI=1S/C6H7NO.C2H4O2.Hg/c7-5-1-3-6(8)4-2-5;1-2(3)4;/h1-4,8H,7H2;1H3,(H,3,4);/q;;+1/p-1. The first-order valence-corrected chi connectivity index (χ1v) is 3.24. The van der Waals surface area contributed by atoms with Gasteiger partial charge in [-0.2, -0.15) is 0 Å². The van der Waals surface area contributed by atoms with Gasteiger partial charge in [0.1, 0.15) is 5.75 Å². The van der Waals surface area contributed by atoms with E-state index in [1.54, 1.807) is 24.3 Å². The summed E-state index contributed by atoms with van der Waals surface area (Å²) in [5.74, 6) is -0.834. The van der Waals surface area contributed by atoms with E-state index in [1.165, 1.54) is 0 Å². The molecule has 0 heterocycles. The molecule has 5 heteroatoms. The van der Waals surface area contributed by atoms with Crippen LogP contribution in [0.5, 0.6) is 5.75 Å². The largest absolute Gasteiger partial charge is 1.00 e. The van der Waals surface area contributed by atoms with Gasteiger partial charge in [-0.1, -0.05) is 0 Å². The molecular formula is C8H10HgNO3. The molecule has 0 saturated carbocycles. The molecule has 1 aromatic carbocycles. The first kappa shape index (κ1) is 14.7. The van der Waals surface area contributed by atoms with Crippen LogP contribution in [0.1, 0.15) is 6.92 Å². The molecule has 67 valence electrons. The van der Waals surface area contributed by atoms with Crippen LogP contribution in [0, 0.1) is 0 Å². The Morgan fingerprint density at radius 3 is 1.92 bits per heavy atom. The van der Waals surface area contributed by atoms with Crippen LogP contribution in [0.3, 0.4) is 0 Å². The van der Waals surface area contributed by atoms with E-state index in [0.29, 0.717) is 5.69 Å². The molecule has 0 unspecified atom stereocenters. The van der Waals surface area contributed by atoms with E-state index in [1.807, 2.05) is 0 Å². The number of hydrogen-bond acceptors (Lipinski definition) is 4. The van der Waals surface area contributed by atoms with Gasteiger partial charge in [-0.25, -0.2) is 0 Å². The van der Waals surface area contributed by atoms with Crippen molar-refractivity contribution in [3.05, 3.63) is 24.3 Å². The van der Waals surface area contributed by atoms with Crippen LogP contribution in [0.2, 0.25) is 0 Å². The third kappa shape index (κ3) is 11.2. The van der Waals surface area contributed by atoms with Crippen molar-refractivity contribution in [2.24, 2.45) is 0 Å². The van der Waals surface area contributed by atoms with Crippen molar-refractivity contribution in [2.45, 2.75) is 6.92 Å². The summed E-state index contributed by atoms with van der Waals surface area (Å²) >= 11 is 0. The average Bonchev–Trinajstić information content (AvgIpc) is 1.94. The molecule has 3 N–H and O–H groups in total. The quantitative estimate of drug-likeness (QED) is 0.375. The molecule has 13 heavy (non-hydrogen) atoms. The summed E-state index contributed by atoms with van der Waals surface area (Å²) < 4.78 is 0. The van der Waals surface area contributed by atoms with Crippen molar-refractivity contribution in [1.29, 1.82) is 0 Å². The molecule has 1 radical (unpaired) electrons. The smallest absolute Gasteiger partial charge is 0.550 e. The fraction of sp³-hybridized carbons (Fsp3) is 0.125. The number of carboxylic acids is 1. The summed E-state index contributed by atoms with van der Waals surface area (Å²) in [6.45, 7) is 0.972. The Bertz CT molecular complexity index is 223. The molecule has 0 fully saturated rings. The first-order chi connectivity index (χ1) is 5.52. The number of nitrogen functional groups attached to an aromatic ring is 1. The van der Waals surface area contributed by atoms with Crippen LogP contribution < -0.4 is 10.8 Å². The summed E-state index contributed by atoms with van der Waals surface area (Å²) in [6, 6.07) is 6.40. The van der Waals surface area contributed by atoms with Crippen molar-refractivity contribution in [3.63, 3.8) is 0 Å². The fourth-order valence-electron chi connectivity index (χ4n) is 0.474. The zero-order valence-corrected chi connectivity index (χ0v) is 12.9. The first-order valence-electron chi connectivity index (χ1n) is 3.24. The second kappa shape index (κ2) is 7.85. The minimum absolute atomic E-state index is 0. The Labute approximate surface area is 96.9 Å². The molecule has 0 aliphatic carbocycles. The summed E-state index contributed by atoms with van der Waals surface area (Å²) in [5, 5.41) is 17.6. The molecule has 0 bridgehead atoms. The number of aromatic hydroxyl groups is 1. The third-order valence-corrected chi connectivity index (χ3v) is 0.893. The Balaban J connectivity index is 0. The Morgan fingerprint density at radius 1 is 1.38 bits per heavy atom. The maximum Gasteiger partial charge on any atom is 1.00 e. The van der Waals surface area contributed by atoms with Crippen LogP contribution >= 0.6 is 0 Å². The van der Waals surface area contributed by atoms with Crippen molar-refractivity contribution in [1.82, 2.24) is 0 Å². The van der Waals surface area contributed by atoms with Gasteiger partial charge in [0.05, 0.1) is 0 Å². The number of carbonyl (C=O) groups is 1. The number of carboxylic acid groups (broad SMARTS) is 1. The average molecular weight is 369 g/mol. The minimum Gasteiger partial charge on any atom is -0.550 e. The maximum absolute atomic E-state index is 8.89. The van der Waals surface area contributed by atoms with E-state index in [2.05, 4.69) is 0 Å². The van der Waals surface area contributed by atoms with Gasteiger partial charge < -0.3 is 20.7 Å². The molecule has 1 rings (SSSR count). The van der Waals surface area contributed by atoms with E-state index in [-0.39, 0.29) is 33.4 Å². The van der Waals surface area contributed by atoms with E-state index >= 15 is 0 Å². The molecular weight excluding hydrogens is 359 g/mol. The summed E-state index contributed by atoms with van der Waals surface area (Å²) in [4.78, 5) is 8.89. The second-order valence-electron chi connectivity index (χ2n) is 2.08. The predicted octanol–water partition coefficient (Wildman–Crippen LogP) is -0.272. The normalized spacial score (nSPS) is 7.46. The third-order valence-electron chi connectivity index (χ3n) is 0.893. The minimum atomic E-state index is -1.08. The molecule has 0 amide bonds. The summed E-state index contributed by atoms with van der Waals surface area (Å²) in [6.07, 6.45) is 0. The molecule has 0 spiro atoms. The van der Waals surface area contributed by atoms with Gasteiger partial charge >= 0.3 is 27.7 Å². The number of anilines is 1. The number of nitrogens with two attached hydrogens (primary N) is 1.